The summed E-state index contributed by atoms with van der Waals surface area (Å²) in [7, 11) is 0. The maximum Gasteiger partial charge on any atom is 0.378 e. The fourth-order valence-electron chi connectivity index (χ4n) is 1.11. The van der Waals surface area contributed by atoms with Gasteiger partial charge in [0, 0.05) is 0 Å². The molecule has 3 nitrogen and oxygen atoms in total. The van der Waals surface area contributed by atoms with E-state index in [0.717, 1.165) is 0 Å². The standard InChI is InChI=1S/C8H13F2NO2.ClH/c1-2-13-7(12)8(9,10)6(11)5-3-4-5;/h5-6H,2-4,11H2,1H3;1H. The molecular weight excluding hydrogens is 216 g/mol. The first kappa shape index (κ1) is 13.6. The van der Waals surface area contributed by atoms with Crippen LogP contribution < -0.4 is 5.73 Å². The molecule has 1 aliphatic rings. The van der Waals surface area contributed by atoms with Gasteiger partial charge >= 0.3 is 11.9 Å². The SMILES string of the molecule is CCOC(=O)C(F)(F)C(N)C1CC1.Cl. The molecule has 1 aliphatic carbocycles. The molecule has 1 rings (SSSR count). The van der Waals surface area contributed by atoms with E-state index >= 15 is 0 Å². The highest BCUT2D eigenvalue weighted by Crippen LogP contribution is 2.38. The molecule has 0 heterocycles. The predicted octanol–water partition coefficient (Wildman–Crippen LogP) is 1.34. The number of alkyl halides is 2. The molecule has 0 aromatic rings. The largest absolute Gasteiger partial charge is 0.462 e. The van der Waals surface area contributed by atoms with E-state index in [-0.39, 0.29) is 24.9 Å². The molecule has 6 heteroatoms. The van der Waals surface area contributed by atoms with Gasteiger partial charge in [0.1, 0.15) is 0 Å². The third-order valence-corrected chi connectivity index (χ3v) is 2.10. The van der Waals surface area contributed by atoms with Gasteiger partial charge in [-0.15, -0.1) is 12.4 Å². The summed E-state index contributed by atoms with van der Waals surface area (Å²) in [5.74, 6) is -5.26. The Morgan fingerprint density at radius 1 is 1.64 bits per heavy atom. The first-order valence-electron chi connectivity index (χ1n) is 4.30. The Morgan fingerprint density at radius 2 is 2.14 bits per heavy atom. The first-order valence-corrected chi connectivity index (χ1v) is 4.30. The van der Waals surface area contributed by atoms with Gasteiger partial charge in [-0.2, -0.15) is 8.78 Å². The van der Waals surface area contributed by atoms with Crippen LogP contribution in [0.4, 0.5) is 8.78 Å². The maximum absolute atomic E-state index is 13.1. The number of hydrogen-bond donors (Lipinski definition) is 1. The van der Waals surface area contributed by atoms with Crippen molar-refractivity contribution in [3.05, 3.63) is 0 Å². The summed E-state index contributed by atoms with van der Waals surface area (Å²) in [6, 6.07) is -1.38. The minimum Gasteiger partial charge on any atom is -0.462 e. The van der Waals surface area contributed by atoms with E-state index in [4.69, 9.17) is 5.73 Å². The van der Waals surface area contributed by atoms with Crippen molar-refractivity contribution >= 4 is 18.4 Å². The number of carbonyl (C=O) groups is 1. The second kappa shape index (κ2) is 4.89. The van der Waals surface area contributed by atoms with Crippen LogP contribution in [0.3, 0.4) is 0 Å². The minimum absolute atomic E-state index is 0. The average molecular weight is 230 g/mol. The summed E-state index contributed by atoms with van der Waals surface area (Å²) in [5, 5.41) is 0. The molecule has 0 amide bonds. The van der Waals surface area contributed by atoms with Crippen molar-refractivity contribution < 1.29 is 18.3 Å². The van der Waals surface area contributed by atoms with E-state index in [9.17, 15) is 13.6 Å². The second-order valence-corrected chi connectivity index (χ2v) is 3.21. The highest BCUT2D eigenvalue weighted by molar-refractivity contribution is 5.85. The van der Waals surface area contributed by atoms with E-state index in [1.807, 2.05) is 0 Å². The summed E-state index contributed by atoms with van der Waals surface area (Å²) in [5.41, 5.74) is 5.24. The molecule has 0 bridgehead atoms. The van der Waals surface area contributed by atoms with E-state index in [1.165, 1.54) is 6.92 Å². The van der Waals surface area contributed by atoms with Crippen LogP contribution in [0.15, 0.2) is 0 Å². The van der Waals surface area contributed by atoms with E-state index < -0.39 is 17.9 Å². The molecule has 1 unspecified atom stereocenters. The molecule has 0 aromatic heterocycles. The Balaban J connectivity index is 0.00000169. The Labute approximate surface area is 87.4 Å². The van der Waals surface area contributed by atoms with Crippen molar-refractivity contribution in [1.29, 1.82) is 0 Å². The number of ether oxygens (including phenoxy) is 1. The lowest BCUT2D eigenvalue weighted by molar-refractivity contribution is -0.175. The van der Waals surface area contributed by atoms with Gasteiger partial charge in [-0.05, 0) is 25.7 Å². The van der Waals surface area contributed by atoms with E-state index in [0.29, 0.717) is 12.8 Å². The zero-order valence-electron chi connectivity index (χ0n) is 7.83. The summed E-state index contributed by atoms with van der Waals surface area (Å²) >= 11 is 0. The van der Waals surface area contributed by atoms with Crippen molar-refractivity contribution in [2.75, 3.05) is 6.61 Å². The predicted molar refractivity (Wildman–Crippen MR) is 49.5 cm³/mol. The van der Waals surface area contributed by atoms with Crippen LogP contribution in [0.25, 0.3) is 0 Å². The van der Waals surface area contributed by atoms with Crippen LogP contribution in [0.1, 0.15) is 19.8 Å². The average Bonchev–Trinajstić information content (AvgIpc) is 2.86. The van der Waals surface area contributed by atoms with Gasteiger partial charge in [0.25, 0.3) is 0 Å². The molecule has 2 N–H and O–H groups in total. The van der Waals surface area contributed by atoms with Crippen molar-refractivity contribution in [3.63, 3.8) is 0 Å². The molecule has 0 spiro atoms. The Hall–Kier alpha value is -0.420. The van der Waals surface area contributed by atoms with Gasteiger partial charge in [0.15, 0.2) is 0 Å². The van der Waals surface area contributed by atoms with E-state index in [2.05, 4.69) is 4.74 Å². The Kier molecular flexibility index (Phi) is 4.74. The third-order valence-electron chi connectivity index (χ3n) is 2.10. The van der Waals surface area contributed by atoms with Gasteiger partial charge in [0.2, 0.25) is 0 Å². The third kappa shape index (κ3) is 2.78. The molecule has 14 heavy (non-hydrogen) atoms. The van der Waals surface area contributed by atoms with Gasteiger partial charge < -0.3 is 10.5 Å². The Bertz CT molecular complexity index is 210. The van der Waals surface area contributed by atoms with Crippen LogP contribution in [0, 0.1) is 5.92 Å². The van der Waals surface area contributed by atoms with Crippen molar-refractivity contribution in [3.8, 4) is 0 Å². The monoisotopic (exact) mass is 229 g/mol. The lowest BCUT2D eigenvalue weighted by Gasteiger charge is -2.20. The number of carbonyl (C=O) groups excluding carboxylic acids is 1. The highest BCUT2D eigenvalue weighted by Gasteiger charge is 2.52. The van der Waals surface area contributed by atoms with Gasteiger partial charge in [-0.1, -0.05) is 0 Å². The smallest absolute Gasteiger partial charge is 0.378 e. The number of hydrogen-bond acceptors (Lipinski definition) is 3. The molecule has 0 aliphatic heterocycles. The number of halogens is 3. The summed E-state index contributed by atoms with van der Waals surface area (Å²) in [6.07, 6.45) is 1.35. The summed E-state index contributed by atoms with van der Waals surface area (Å²) < 4.78 is 30.4. The molecule has 0 saturated heterocycles. The van der Waals surface area contributed by atoms with Crippen molar-refractivity contribution in [2.45, 2.75) is 31.7 Å². The van der Waals surface area contributed by atoms with Crippen molar-refractivity contribution in [2.24, 2.45) is 11.7 Å². The molecule has 84 valence electrons. The van der Waals surface area contributed by atoms with Crippen LogP contribution >= 0.6 is 12.4 Å². The summed E-state index contributed by atoms with van der Waals surface area (Å²) in [6.45, 7) is 1.43. The zero-order valence-corrected chi connectivity index (χ0v) is 8.65. The lowest BCUT2D eigenvalue weighted by Crippen LogP contribution is -2.49. The fraction of sp³-hybridized carbons (Fsp3) is 0.875. The maximum atomic E-state index is 13.1. The second-order valence-electron chi connectivity index (χ2n) is 3.21. The number of rotatable bonds is 4. The molecular formula is C8H14ClF2NO2. The van der Waals surface area contributed by atoms with Crippen LogP contribution in [-0.2, 0) is 9.53 Å². The molecule has 0 radical (unpaired) electrons. The van der Waals surface area contributed by atoms with Crippen molar-refractivity contribution in [1.82, 2.24) is 0 Å². The highest BCUT2D eigenvalue weighted by atomic mass is 35.5. The molecule has 0 aromatic carbocycles. The van der Waals surface area contributed by atoms with Gasteiger partial charge in [-0.3, -0.25) is 0 Å². The lowest BCUT2D eigenvalue weighted by atomic mass is 10.1. The summed E-state index contributed by atoms with van der Waals surface area (Å²) in [4.78, 5) is 10.8. The van der Waals surface area contributed by atoms with Gasteiger partial charge in [-0.25, -0.2) is 4.79 Å². The van der Waals surface area contributed by atoms with E-state index in [1.54, 1.807) is 0 Å². The van der Waals surface area contributed by atoms with Crippen LogP contribution in [0.5, 0.6) is 0 Å². The van der Waals surface area contributed by atoms with Crippen LogP contribution in [0.2, 0.25) is 0 Å². The molecule has 1 saturated carbocycles. The topological polar surface area (TPSA) is 52.3 Å². The number of esters is 1. The Morgan fingerprint density at radius 3 is 2.50 bits per heavy atom. The zero-order chi connectivity index (χ0) is 10.1. The van der Waals surface area contributed by atoms with Gasteiger partial charge in [0.05, 0.1) is 12.6 Å². The van der Waals surface area contributed by atoms with Crippen LogP contribution in [-0.4, -0.2) is 24.5 Å². The fourth-order valence-corrected chi connectivity index (χ4v) is 1.11. The molecule has 1 atom stereocenters. The molecule has 1 fully saturated rings. The first-order chi connectivity index (χ1) is 6.00. The minimum atomic E-state index is -3.53. The normalized spacial score (nSPS) is 18.3. The number of nitrogens with two attached hydrogens (primary N) is 1. The quantitative estimate of drug-likeness (QED) is 0.741.